The fourth-order valence-corrected chi connectivity index (χ4v) is 6.25. The van der Waals surface area contributed by atoms with Gasteiger partial charge in [-0.25, -0.2) is 0 Å². The zero-order chi connectivity index (χ0) is 16.3. The van der Waals surface area contributed by atoms with Crippen LogP contribution in [-0.4, -0.2) is 0 Å². The van der Waals surface area contributed by atoms with E-state index in [1.165, 1.54) is 22.3 Å². The summed E-state index contributed by atoms with van der Waals surface area (Å²) in [6.07, 6.45) is 0. The third-order valence-corrected chi connectivity index (χ3v) is 9.06. The molecule has 2 rings (SSSR count). The SMILES string of the molecule is CC1=C(C)[C](C)([Co][C]2(C)C(C)=C(C)C(C)=C2C)C(C)=C1C. The van der Waals surface area contributed by atoms with Gasteiger partial charge in [-0.1, -0.05) is 0 Å². The van der Waals surface area contributed by atoms with Gasteiger partial charge in [0.2, 0.25) is 0 Å². The molecule has 0 heterocycles. The third kappa shape index (κ3) is 2.08. The molecular weight excluding hydrogens is 299 g/mol. The molecule has 0 atom stereocenters. The van der Waals surface area contributed by atoms with Crippen LogP contribution in [0, 0.1) is 0 Å². The second-order valence-corrected chi connectivity index (χ2v) is 9.34. The van der Waals surface area contributed by atoms with Crippen molar-refractivity contribution in [2.75, 3.05) is 0 Å². The van der Waals surface area contributed by atoms with E-state index in [0.717, 1.165) is 0 Å². The molecule has 0 amide bonds. The van der Waals surface area contributed by atoms with Crippen molar-refractivity contribution in [3.8, 4) is 0 Å². The Morgan fingerprint density at radius 3 is 0.857 bits per heavy atom. The first kappa shape index (κ1) is 16.8. The van der Waals surface area contributed by atoms with Crippen LogP contribution < -0.4 is 0 Å². The fraction of sp³-hybridized carbons (Fsp3) is 0.600. The van der Waals surface area contributed by atoms with Crippen LogP contribution in [0.15, 0.2) is 44.6 Å². The topological polar surface area (TPSA) is 0 Å². The van der Waals surface area contributed by atoms with Crippen LogP contribution >= 0.6 is 0 Å². The Morgan fingerprint density at radius 2 is 0.667 bits per heavy atom. The molecule has 0 aromatic heterocycles. The maximum atomic E-state index is 2.44. The molecule has 0 bridgehead atoms. The summed E-state index contributed by atoms with van der Waals surface area (Å²) in [5.74, 6) is 0. The van der Waals surface area contributed by atoms with Gasteiger partial charge in [0.25, 0.3) is 0 Å². The van der Waals surface area contributed by atoms with Crippen molar-refractivity contribution in [3.63, 3.8) is 0 Å². The number of hydrogen-bond acceptors (Lipinski definition) is 0. The zero-order valence-corrected chi connectivity index (χ0v) is 16.4. The summed E-state index contributed by atoms with van der Waals surface area (Å²) < 4.78 is 0.347. The summed E-state index contributed by atoms with van der Waals surface area (Å²) in [4.78, 5) is 0. The standard InChI is InChI=1S/2C10H15.Co/c2*1-6-7(2)9(4)10(5)8(6)3;/h2*1-5H3;. The molecule has 0 saturated carbocycles. The molecule has 0 radical (unpaired) electrons. The van der Waals surface area contributed by atoms with E-state index in [-0.39, 0.29) is 8.70 Å². The number of rotatable bonds is 2. The summed E-state index contributed by atoms with van der Waals surface area (Å²) in [6.45, 7) is 23.3. The van der Waals surface area contributed by atoms with Gasteiger partial charge >= 0.3 is 137 Å². The Hall–Kier alpha value is -0.534. The molecule has 0 nitrogen and oxygen atoms in total. The quantitative estimate of drug-likeness (QED) is 0.522. The predicted octanol–water partition coefficient (Wildman–Crippen LogP) is 6.80. The summed E-state index contributed by atoms with van der Waals surface area (Å²) >= 11 is 1.55. The molecule has 0 fully saturated rings. The molecule has 0 N–H and O–H groups in total. The maximum absolute atomic E-state index is 2.44. The van der Waals surface area contributed by atoms with Crippen molar-refractivity contribution < 1.29 is 14.7 Å². The van der Waals surface area contributed by atoms with Gasteiger partial charge in [0.1, 0.15) is 0 Å². The first-order valence-electron chi connectivity index (χ1n) is 7.83. The van der Waals surface area contributed by atoms with E-state index in [1.54, 1.807) is 37.0 Å². The van der Waals surface area contributed by atoms with Crippen LogP contribution in [0.4, 0.5) is 0 Å². The normalized spacial score (nSPS) is 25.0. The Labute approximate surface area is 137 Å². The van der Waals surface area contributed by atoms with Crippen molar-refractivity contribution in [1.29, 1.82) is 0 Å². The summed E-state index contributed by atoms with van der Waals surface area (Å²) in [5, 5.41) is 0. The molecule has 21 heavy (non-hydrogen) atoms. The molecule has 2 aliphatic carbocycles. The van der Waals surface area contributed by atoms with E-state index in [1.807, 2.05) is 0 Å². The van der Waals surface area contributed by atoms with E-state index in [4.69, 9.17) is 0 Å². The molecule has 1 heteroatoms. The van der Waals surface area contributed by atoms with Gasteiger partial charge in [0.05, 0.1) is 0 Å². The van der Waals surface area contributed by atoms with E-state index in [2.05, 4.69) is 69.2 Å². The van der Waals surface area contributed by atoms with Gasteiger partial charge in [0.15, 0.2) is 0 Å². The van der Waals surface area contributed by atoms with Gasteiger partial charge in [-0.05, 0) is 0 Å². The second kappa shape index (κ2) is 4.99. The average molecular weight is 329 g/mol. The van der Waals surface area contributed by atoms with Crippen molar-refractivity contribution in [1.82, 2.24) is 0 Å². The van der Waals surface area contributed by atoms with Crippen LogP contribution in [0.2, 0.25) is 8.70 Å². The van der Waals surface area contributed by atoms with Crippen LogP contribution in [0.25, 0.3) is 0 Å². The molecule has 0 spiro atoms. The van der Waals surface area contributed by atoms with Gasteiger partial charge in [-0.15, -0.1) is 0 Å². The van der Waals surface area contributed by atoms with E-state index >= 15 is 0 Å². The van der Waals surface area contributed by atoms with Crippen molar-refractivity contribution in [2.24, 2.45) is 0 Å². The minimum atomic E-state index is 0.173. The monoisotopic (exact) mass is 329 g/mol. The van der Waals surface area contributed by atoms with Crippen LogP contribution in [-0.2, 0) is 14.7 Å². The van der Waals surface area contributed by atoms with Gasteiger partial charge in [0, 0.05) is 0 Å². The summed E-state index contributed by atoms with van der Waals surface area (Å²) in [5.41, 5.74) is 12.2. The van der Waals surface area contributed by atoms with E-state index in [9.17, 15) is 0 Å². The van der Waals surface area contributed by atoms with Gasteiger partial charge in [-0.2, -0.15) is 0 Å². The van der Waals surface area contributed by atoms with Crippen LogP contribution in [0.5, 0.6) is 0 Å². The number of allylic oxidation sites excluding steroid dienone is 8. The van der Waals surface area contributed by atoms with Gasteiger partial charge in [-0.3, -0.25) is 0 Å². The fourth-order valence-electron chi connectivity index (χ4n) is 3.65. The van der Waals surface area contributed by atoms with Gasteiger partial charge < -0.3 is 0 Å². The molecule has 0 aliphatic heterocycles. The predicted molar refractivity (Wildman–Crippen MR) is 90.2 cm³/mol. The first-order chi connectivity index (χ1) is 9.48. The molecular formula is C20H30Co. The van der Waals surface area contributed by atoms with E-state index < -0.39 is 0 Å². The molecule has 119 valence electrons. The average Bonchev–Trinajstić information content (AvgIpc) is 2.67. The Morgan fingerprint density at radius 1 is 0.476 bits per heavy atom. The summed E-state index contributed by atoms with van der Waals surface area (Å²) in [6, 6.07) is 0. The Balaban J connectivity index is 2.54. The molecule has 0 aromatic carbocycles. The molecule has 0 saturated heterocycles. The number of hydrogen-bond donors (Lipinski definition) is 0. The van der Waals surface area contributed by atoms with Crippen molar-refractivity contribution in [3.05, 3.63) is 44.6 Å². The molecule has 0 unspecified atom stereocenters. The van der Waals surface area contributed by atoms with E-state index in [0.29, 0.717) is 0 Å². The second-order valence-electron chi connectivity index (χ2n) is 7.00. The Kier molecular flexibility index (Phi) is 4.00. The summed E-state index contributed by atoms with van der Waals surface area (Å²) in [7, 11) is 0. The van der Waals surface area contributed by atoms with Crippen LogP contribution in [0.1, 0.15) is 69.2 Å². The first-order valence-corrected chi connectivity index (χ1v) is 8.87. The van der Waals surface area contributed by atoms with Crippen molar-refractivity contribution >= 4 is 0 Å². The van der Waals surface area contributed by atoms with Crippen LogP contribution in [0.3, 0.4) is 0 Å². The Bertz CT molecular complexity index is 531. The minimum absolute atomic E-state index is 0.173. The van der Waals surface area contributed by atoms with Crippen molar-refractivity contribution in [2.45, 2.75) is 77.9 Å². The zero-order valence-electron chi connectivity index (χ0n) is 15.3. The molecule has 0 aromatic rings. The third-order valence-electron chi connectivity index (χ3n) is 6.46. The molecule has 2 aliphatic rings.